The van der Waals surface area contributed by atoms with Crippen molar-refractivity contribution in [2.45, 2.75) is 70.0 Å². The Morgan fingerprint density at radius 3 is 2.47 bits per heavy atom. The van der Waals surface area contributed by atoms with Crippen LogP contribution in [0.5, 0.6) is 0 Å². The van der Waals surface area contributed by atoms with Crippen LogP contribution in [0.15, 0.2) is 42.5 Å². The van der Waals surface area contributed by atoms with Gasteiger partial charge in [0.05, 0.1) is 12.1 Å². The summed E-state index contributed by atoms with van der Waals surface area (Å²) >= 11 is 0. The number of fused-ring (bicyclic) bond motifs is 1. The molecule has 0 aromatic heterocycles. The molecule has 3 aliphatic rings. The van der Waals surface area contributed by atoms with Crippen LogP contribution in [0.1, 0.15) is 84.7 Å². The molecule has 34 heavy (non-hydrogen) atoms. The lowest BCUT2D eigenvalue weighted by molar-refractivity contribution is -0.123. The summed E-state index contributed by atoms with van der Waals surface area (Å²) in [5, 5.41) is 3.45. The number of amides is 1. The quantitative estimate of drug-likeness (QED) is 0.531. The van der Waals surface area contributed by atoms with Crippen LogP contribution in [0.3, 0.4) is 0 Å². The fraction of sp³-hybridized carbons (Fsp3) is 0.517. The zero-order chi connectivity index (χ0) is 23.9. The third kappa shape index (κ3) is 4.44. The van der Waals surface area contributed by atoms with Crippen molar-refractivity contribution in [2.75, 3.05) is 26.2 Å². The molecule has 5 heteroatoms. The number of hydrogen-bond acceptors (Lipinski definition) is 4. The van der Waals surface area contributed by atoms with Gasteiger partial charge in [-0.15, -0.1) is 0 Å². The van der Waals surface area contributed by atoms with Gasteiger partial charge in [0.25, 0.3) is 0 Å². The maximum atomic E-state index is 13.4. The van der Waals surface area contributed by atoms with Gasteiger partial charge >= 0.3 is 0 Å². The van der Waals surface area contributed by atoms with E-state index in [4.69, 9.17) is 0 Å². The second kappa shape index (κ2) is 9.27. The maximum absolute atomic E-state index is 13.4. The van der Waals surface area contributed by atoms with Gasteiger partial charge in [-0.25, -0.2) is 0 Å². The molecule has 180 valence electrons. The van der Waals surface area contributed by atoms with Crippen LogP contribution in [-0.4, -0.2) is 54.2 Å². The lowest BCUT2D eigenvalue weighted by atomic mass is 9.84. The van der Waals surface area contributed by atoms with Crippen molar-refractivity contribution in [3.05, 3.63) is 70.3 Å². The fourth-order valence-electron chi connectivity index (χ4n) is 5.65. The van der Waals surface area contributed by atoms with Gasteiger partial charge < -0.3 is 10.2 Å². The first kappa shape index (κ1) is 23.3. The Morgan fingerprint density at radius 1 is 1.06 bits per heavy atom. The van der Waals surface area contributed by atoms with E-state index in [1.165, 1.54) is 36.0 Å². The van der Waals surface area contributed by atoms with Crippen molar-refractivity contribution in [1.82, 2.24) is 15.1 Å². The number of hydrogen-bond donors (Lipinski definition) is 1. The van der Waals surface area contributed by atoms with E-state index in [1.54, 1.807) is 0 Å². The molecule has 1 aliphatic carbocycles. The van der Waals surface area contributed by atoms with Gasteiger partial charge in [0.1, 0.15) is 0 Å². The molecular weight excluding hydrogens is 422 g/mol. The van der Waals surface area contributed by atoms with Crippen LogP contribution in [0.2, 0.25) is 0 Å². The fourth-order valence-corrected chi connectivity index (χ4v) is 5.65. The Kier molecular flexibility index (Phi) is 6.34. The van der Waals surface area contributed by atoms with Gasteiger partial charge in [0.2, 0.25) is 6.41 Å². The van der Waals surface area contributed by atoms with Crippen molar-refractivity contribution in [2.24, 2.45) is 0 Å². The van der Waals surface area contributed by atoms with E-state index in [0.29, 0.717) is 6.04 Å². The summed E-state index contributed by atoms with van der Waals surface area (Å²) in [4.78, 5) is 29.8. The molecular formula is C29H37N3O2. The number of nitrogens with zero attached hydrogens (tertiary/aromatic N) is 2. The minimum atomic E-state index is -0.321. The van der Waals surface area contributed by atoms with Crippen LogP contribution >= 0.6 is 0 Å². The number of benzene rings is 2. The van der Waals surface area contributed by atoms with Crippen LogP contribution in [0.25, 0.3) is 0 Å². The van der Waals surface area contributed by atoms with E-state index in [0.717, 1.165) is 50.1 Å². The van der Waals surface area contributed by atoms with E-state index in [2.05, 4.69) is 61.3 Å². The molecule has 2 aromatic rings. The minimum Gasteiger partial charge on any atom is -0.336 e. The second-order valence-corrected chi connectivity index (χ2v) is 11.2. The Balaban J connectivity index is 1.38. The zero-order valence-electron chi connectivity index (χ0n) is 20.7. The molecule has 2 aliphatic heterocycles. The third-order valence-corrected chi connectivity index (χ3v) is 8.08. The molecule has 5 nitrogen and oxygen atoms in total. The predicted octanol–water partition coefficient (Wildman–Crippen LogP) is 4.42. The number of nitrogens with one attached hydrogen (secondary N) is 1. The molecule has 2 fully saturated rings. The Morgan fingerprint density at radius 2 is 1.82 bits per heavy atom. The molecule has 2 heterocycles. The largest absolute Gasteiger partial charge is 0.336 e. The molecule has 2 atom stereocenters. The van der Waals surface area contributed by atoms with Gasteiger partial charge in [-0.3, -0.25) is 14.5 Å². The van der Waals surface area contributed by atoms with Crippen molar-refractivity contribution >= 4 is 12.2 Å². The summed E-state index contributed by atoms with van der Waals surface area (Å²) in [6.45, 7) is 10.00. The number of ketones is 1. The first-order valence-corrected chi connectivity index (χ1v) is 12.8. The summed E-state index contributed by atoms with van der Waals surface area (Å²) in [6, 6.07) is 15.0. The van der Waals surface area contributed by atoms with Crippen LogP contribution in [0.4, 0.5) is 0 Å². The van der Waals surface area contributed by atoms with E-state index in [1.807, 2.05) is 17.0 Å². The van der Waals surface area contributed by atoms with E-state index in [-0.39, 0.29) is 23.3 Å². The molecule has 0 bridgehead atoms. The highest BCUT2D eigenvalue weighted by Crippen LogP contribution is 2.34. The van der Waals surface area contributed by atoms with E-state index >= 15 is 0 Å². The Hall–Kier alpha value is -2.50. The zero-order valence-corrected chi connectivity index (χ0v) is 20.7. The van der Waals surface area contributed by atoms with Gasteiger partial charge in [0, 0.05) is 37.8 Å². The number of Topliss-reactive ketones (excluding diaryl/α,β-unsaturated/α-hetero) is 1. The standard InChI is InChI=1S/C29H37N3O2/c1-29(2,3)23-10-7-20(8-11-23)28(34)27-25-12-9-22(17-21(25)13-14-30-27)26-18-31(24-5-4-6-24)15-16-32(26)19-33/h7-12,17,19,24,26-27,30H,4-6,13-16,18H2,1-3H3. The number of rotatable bonds is 5. The SMILES string of the molecule is CC(C)(C)c1ccc(C(=O)C2NCCc3cc(C4CN(C5CCC5)CCN4C=O)ccc32)cc1. The Labute approximate surface area is 203 Å². The molecule has 0 radical (unpaired) electrons. The lowest BCUT2D eigenvalue weighted by Gasteiger charge is -2.46. The topological polar surface area (TPSA) is 52.7 Å². The van der Waals surface area contributed by atoms with Crippen LogP contribution in [-0.2, 0) is 16.6 Å². The molecule has 1 amide bonds. The molecule has 1 saturated heterocycles. The van der Waals surface area contributed by atoms with Crippen molar-refractivity contribution < 1.29 is 9.59 Å². The summed E-state index contributed by atoms with van der Waals surface area (Å²) in [5.74, 6) is 0.123. The highest BCUT2D eigenvalue weighted by atomic mass is 16.1. The molecule has 0 spiro atoms. The maximum Gasteiger partial charge on any atom is 0.210 e. The first-order valence-electron chi connectivity index (χ1n) is 12.8. The van der Waals surface area contributed by atoms with Crippen molar-refractivity contribution in [3.63, 3.8) is 0 Å². The second-order valence-electron chi connectivity index (χ2n) is 11.2. The smallest absolute Gasteiger partial charge is 0.210 e. The van der Waals surface area contributed by atoms with Crippen LogP contribution in [0, 0.1) is 0 Å². The number of carbonyl (C=O) groups excluding carboxylic acids is 2. The lowest BCUT2D eigenvalue weighted by Crippen LogP contribution is -2.53. The molecule has 2 aromatic carbocycles. The predicted molar refractivity (Wildman–Crippen MR) is 135 cm³/mol. The van der Waals surface area contributed by atoms with Gasteiger partial charge in [-0.1, -0.05) is 69.7 Å². The molecule has 2 unspecified atom stereocenters. The number of carbonyl (C=O) groups is 2. The summed E-state index contributed by atoms with van der Waals surface area (Å²) in [7, 11) is 0. The monoisotopic (exact) mass is 459 g/mol. The van der Waals surface area contributed by atoms with E-state index < -0.39 is 0 Å². The highest BCUT2D eigenvalue weighted by Gasteiger charge is 2.34. The van der Waals surface area contributed by atoms with Gasteiger partial charge in [0.15, 0.2) is 5.78 Å². The van der Waals surface area contributed by atoms with E-state index in [9.17, 15) is 9.59 Å². The summed E-state index contributed by atoms with van der Waals surface area (Å²) < 4.78 is 0. The third-order valence-electron chi connectivity index (χ3n) is 8.08. The van der Waals surface area contributed by atoms with Gasteiger partial charge in [-0.05, 0) is 46.9 Å². The minimum absolute atomic E-state index is 0.0659. The summed E-state index contributed by atoms with van der Waals surface area (Å²) in [5.41, 5.74) is 5.54. The van der Waals surface area contributed by atoms with Gasteiger partial charge in [-0.2, -0.15) is 0 Å². The number of piperazine rings is 1. The van der Waals surface area contributed by atoms with Crippen molar-refractivity contribution in [1.29, 1.82) is 0 Å². The first-order chi connectivity index (χ1) is 16.3. The van der Waals surface area contributed by atoms with Crippen molar-refractivity contribution in [3.8, 4) is 0 Å². The molecule has 5 rings (SSSR count). The molecule has 1 saturated carbocycles. The summed E-state index contributed by atoms with van der Waals surface area (Å²) in [6.07, 6.45) is 5.80. The average molecular weight is 460 g/mol. The average Bonchev–Trinajstić information content (AvgIpc) is 2.81. The van der Waals surface area contributed by atoms with Crippen LogP contribution < -0.4 is 5.32 Å². The normalized spacial score (nSPS) is 23.8. The molecule has 1 N–H and O–H groups in total. The Bertz CT molecular complexity index is 1050. The highest BCUT2D eigenvalue weighted by molar-refractivity contribution is 6.01.